The highest BCUT2D eigenvalue weighted by Crippen LogP contribution is 2.39. The smallest absolute Gasteiger partial charge is 0.340 e. The van der Waals surface area contributed by atoms with Gasteiger partial charge in [0.25, 0.3) is 0 Å². The van der Waals surface area contributed by atoms with Gasteiger partial charge in [0.2, 0.25) is 5.88 Å². The quantitative estimate of drug-likeness (QED) is 0.428. The summed E-state index contributed by atoms with van der Waals surface area (Å²) in [5, 5.41) is 9.64. The highest BCUT2D eigenvalue weighted by molar-refractivity contribution is 5.92. The third kappa shape index (κ3) is 5.05. The van der Waals surface area contributed by atoms with Crippen molar-refractivity contribution in [3.63, 3.8) is 0 Å². The zero-order chi connectivity index (χ0) is 21.6. The van der Waals surface area contributed by atoms with Crippen LogP contribution in [0, 0.1) is 11.3 Å². The van der Waals surface area contributed by atoms with Crippen molar-refractivity contribution in [3.8, 4) is 6.07 Å². The highest BCUT2D eigenvalue weighted by atomic mass is 16.6. The van der Waals surface area contributed by atoms with Crippen molar-refractivity contribution in [2.45, 2.75) is 33.1 Å². The number of nitriles is 1. The molecule has 7 heteroatoms. The monoisotopic (exact) mass is 396 g/mol. The standard InChI is InChI=1S/C22H24N2O5/c1-5-15-6-8-16(9-7-15)18-17(12-23)14(4)29-20(24)19(18)22(26)28-11-10-27-21(25)13(2)3/h6-9,18H,2,5,10-11,24H2,1,3-4H3. The first-order chi connectivity index (χ1) is 13.8. The molecule has 2 rings (SSSR count). The fourth-order valence-corrected chi connectivity index (χ4v) is 2.88. The van der Waals surface area contributed by atoms with E-state index in [4.69, 9.17) is 19.9 Å². The van der Waals surface area contributed by atoms with Gasteiger partial charge < -0.3 is 19.9 Å². The number of rotatable bonds is 7. The summed E-state index contributed by atoms with van der Waals surface area (Å²) < 4.78 is 15.5. The molecule has 0 bridgehead atoms. The van der Waals surface area contributed by atoms with Crippen LogP contribution in [0.4, 0.5) is 0 Å². The Morgan fingerprint density at radius 2 is 1.86 bits per heavy atom. The number of nitrogens with zero attached hydrogens (tertiary/aromatic N) is 1. The number of esters is 2. The summed E-state index contributed by atoms with van der Waals surface area (Å²) in [5.41, 5.74) is 8.41. The second-order valence-corrected chi connectivity index (χ2v) is 6.54. The predicted octanol–water partition coefficient (Wildman–Crippen LogP) is 2.99. The van der Waals surface area contributed by atoms with Gasteiger partial charge in [-0.1, -0.05) is 37.8 Å². The van der Waals surface area contributed by atoms with E-state index in [9.17, 15) is 14.9 Å². The minimum Gasteiger partial charge on any atom is -0.459 e. The van der Waals surface area contributed by atoms with Crippen molar-refractivity contribution in [2.24, 2.45) is 5.73 Å². The van der Waals surface area contributed by atoms with Gasteiger partial charge in [-0.15, -0.1) is 0 Å². The first-order valence-electron chi connectivity index (χ1n) is 9.17. The van der Waals surface area contributed by atoms with Crippen molar-refractivity contribution in [1.29, 1.82) is 5.26 Å². The predicted molar refractivity (Wildman–Crippen MR) is 106 cm³/mol. The number of benzene rings is 1. The maximum Gasteiger partial charge on any atom is 0.340 e. The summed E-state index contributed by atoms with van der Waals surface area (Å²) in [6.45, 7) is 8.36. The Hall–Kier alpha value is -3.53. The van der Waals surface area contributed by atoms with Crippen LogP contribution in [0.5, 0.6) is 0 Å². The third-order valence-electron chi connectivity index (χ3n) is 4.44. The van der Waals surface area contributed by atoms with Gasteiger partial charge in [0.05, 0.1) is 17.6 Å². The molecule has 1 atom stereocenters. The van der Waals surface area contributed by atoms with Gasteiger partial charge in [-0.3, -0.25) is 0 Å². The largest absolute Gasteiger partial charge is 0.459 e. The summed E-state index contributed by atoms with van der Waals surface area (Å²) in [6.07, 6.45) is 0.865. The topological polar surface area (TPSA) is 112 Å². The van der Waals surface area contributed by atoms with Crippen molar-refractivity contribution < 1.29 is 23.8 Å². The molecule has 1 aliphatic rings. The molecule has 0 aromatic heterocycles. The normalized spacial score (nSPS) is 16.0. The molecular formula is C22H24N2O5. The Kier molecular flexibility index (Phi) is 7.21. The SMILES string of the molecule is C=C(C)C(=O)OCCOC(=O)C1=C(N)OC(C)=C(C#N)C1c1ccc(CC)cc1. The lowest BCUT2D eigenvalue weighted by atomic mass is 9.83. The Bertz CT molecular complexity index is 920. The van der Waals surface area contributed by atoms with E-state index in [1.807, 2.05) is 31.2 Å². The Morgan fingerprint density at radius 1 is 1.24 bits per heavy atom. The molecule has 1 aromatic rings. The summed E-state index contributed by atoms with van der Waals surface area (Å²) in [4.78, 5) is 24.1. The van der Waals surface area contributed by atoms with Crippen LogP contribution in [0.1, 0.15) is 37.8 Å². The van der Waals surface area contributed by atoms with Crippen LogP contribution in [0.3, 0.4) is 0 Å². The van der Waals surface area contributed by atoms with E-state index in [1.54, 1.807) is 6.92 Å². The van der Waals surface area contributed by atoms with E-state index in [0.717, 1.165) is 17.5 Å². The van der Waals surface area contributed by atoms with E-state index >= 15 is 0 Å². The Balaban J connectivity index is 2.25. The molecule has 0 radical (unpaired) electrons. The molecule has 0 saturated carbocycles. The molecule has 1 aromatic carbocycles. The molecule has 0 aliphatic carbocycles. The summed E-state index contributed by atoms with van der Waals surface area (Å²) in [6, 6.07) is 9.69. The number of nitrogens with two attached hydrogens (primary N) is 1. The molecule has 0 spiro atoms. The number of hydrogen-bond acceptors (Lipinski definition) is 7. The molecule has 0 fully saturated rings. The second-order valence-electron chi connectivity index (χ2n) is 6.54. The van der Waals surface area contributed by atoms with Gasteiger partial charge >= 0.3 is 11.9 Å². The maximum absolute atomic E-state index is 12.7. The number of allylic oxidation sites excluding steroid dienone is 2. The molecular weight excluding hydrogens is 372 g/mol. The number of carbonyl (C=O) groups is 2. The first kappa shape index (κ1) is 21.8. The molecule has 1 heterocycles. The Labute approximate surface area is 170 Å². The molecule has 152 valence electrons. The highest BCUT2D eigenvalue weighted by Gasteiger charge is 2.36. The molecule has 29 heavy (non-hydrogen) atoms. The zero-order valence-corrected chi connectivity index (χ0v) is 16.8. The van der Waals surface area contributed by atoms with Gasteiger partial charge in [-0.05, 0) is 31.4 Å². The van der Waals surface area contributed by atoms with Gasteiger partial charge in [0.15, 0.2) is 0 Å². The minimum atomic E-state index is -0.737. The van der Waals surface area contributed by atoms with Crippen molar-refractivity contribution in [3.05, 3.63) is 70.3 Å². The van der Waals surface area contributed by atoms with Gasteiger partial charge in [0, 0.05) is 5.57 Å². The van der Waals surface area contributed by atoms with E-state index in [-0.39, 0.29) is 35.8 Å². The number of aryl methyl sites for hydroxylation is 1. The van der Waals surface area contributed by atoms with Crippen molar-refractivity contribution >= 4 is 11.9 Å². The molecule has 0 saturated heterocycles. The first-order valence-corrected chi connectivity index (χ1v) is 9.17. The number of hydrogen-bond donors (Lipinski definition) is 1. The molecule has 7 nitrogen and oxygen atoms in total. The zero-order valence-electron chi connectivity index (χ0n) is 16.8. The molecule has 0 amide bonds. The van der Waals surface area contributed by atoms with Crippen LogP contribution >= 0.6 is 0 Å². The van der Waals surface area contributed by atoms with Crippen LogP contribution in [-0.2, 0) is 30.2 Å². The van der Waals surface area contributed by atoms with Gasteiger partial charge in [0.1, 0.15) is 24.5 Å². The summed E-state index contributed by atoms with van der Waals surface area (Å²) in [5.74, 6) is -1.79. The summed E-state index contributed by atoms with van der Waals surface area (Å²) in [7, 11) is 0. The van der Waals surface area contributed by atoms with Crippen LogP contribution in [-0.4, -0.2) is 25.2 Å². The minimum absolute atomic E-state index is 0.0441. The lowest BCUT2D eigenvalue weighted by Gasteiger charge is -2.27. The summed E-state index contributed by atoms with van der Waals surface area (Å²) >= 11 is 0. The van der Waals surface area contributed by atoms with Gasteiger partial charge in [-0.25, -0.2) is 9.59 Å². The lowest BCUT2D eigenvalue weighted by Crippen LogP contribution is -2.27. The molecule has 2 N–H and O–H groups in total. The van der Waals surface area contributed by atoms with E-state index < -0.39 is 17.9 Å². The van der Waals surface area contributed by atoms with Crippen LogP contribution in [0.25, 0.3) is 0 Å². The Morgan fingerprint density at radius 3 is 2.41 bits per heavy atom. The maximum atomic E-state index is 12.7. The van der Waals surface area contributed by atoms with Crippen LogP contribution in [0.2, 0.25) is 0 Å². The third-order valence-corrected chi connectivity index (χ3v) is 4.44. The van der Waals surface area contributed by atoms with E-state index in [2.05, 4.69) is 12.6 Å². The average Bonchev–Trinajstić information content (AvgIpc) is 2.70. The van der Waals surface area contributed by atoms with E-state index in [1.165, 1.54) is 6.92 Å². The average molecular weight is 396 g/mol. The second kappa shape index (κ2) is 9.60. The van der Waals surface area contributed by atoms with E-state index in [0.29, 0.717) is 5.76 Å². The van der Waals surface area contributed by atoms with Crippen molar-refractivity contribution in [2.75, 3.05) is 13.2 Å². The molecule has 1 aliphatic heterocycles. The fraction of sp³-hybridized carbons (Fsp3) is 0.318. The number of ether oxygens (including phenoxy) is 3. The van der Waals surface area contributed by atoms with Crippen LogP contribution < -0.4 is 5.73 Å². The fourth-order valence-electron chi connectivity index (χ4n) is 2.88. The van der Waals surface area contributed by atoms with Crippen LogP contribution in [0.15, 0.2) is 59.2 Å². The molecule has 1 unspecified atom stereocenters. The number of carbonyl (C=O) groups excluding carboxylic acids is 2. The van der Waals surface area contributed by atoms with Crippen molar-refractivity contribution in [1.82, 2.24) is 0 Å². The van der Waals surface area contributed by atoms with Gasteiger partial charge in [-0.2, -0.15) is 5.26 Å². The lowest BCUT2D eigenvalue weighted by molar-refractivity contribution is -0.147.